The van der Waals surface area contributed by atoms with Gasteiger partial charge in [0.2, 0.25) is 0 Å². The molecule has 0 fully saturated rings. The highest BCUT2D eigenvalue weighted by Crippen LogP contribution is 2.41. The van der Waals surface area contributed by atoms with Gasteiger partial charge in [0.25, 0.3) is 0 Å². The average molecular weight is 411 g/mol. The Morgan fingerprint density at radius 2 is 1.80 bits per heavy atom. The average Bonchev–Trinajstić information content (AvgIpc) is 2.70. The summed E-state index contributed by atoms with van der Waals surface area (Å²) < 4.78 is 39.4. The Balaban J connectivity index is 2.16. The smallest absolute Gasteiger partial charge is 0.398 e. The zero-order chi connectivity index (χ0) is 22.2. The second-order valence-corrected chi connectivity index (χ2v) is 6.75. The molecule has 9 heteroatoms. The first-order valence-electron chi connectivity index (χ1n) is 8.74. The minimum absolute atomic E-state index is 0.00169. The SMILES string of the molecule is CC1=C(C#N)C(c2ccc(C#N)cc2N)N(C)C(=O)N1c1cccc(C(F)(F)F)c1. The Hall–Kier alpha value is -3.98. The van der Waals surface area contributed by atoms with Gasteiger partial charge in [-0.2, -0.15) is 23.7 Å². The van der Waals surface area contributed by atoms with Crippen molar-refractivity contribution in [2.45, 2.75) is 19.1 Å². The van der Waals surface area contributed by atoms with Crippen LogP contribution in [0.1, 0.15) is 29.7 Å². The van der Waals surface area contributed by atoms with Gasteiger partial charge in [0, 0.05) is 24.0 Å². The van der Waals surface area contributed by atoms with E-state index in [1.165, 1.54) is 43.1 Å². The number of rotatable bonds is 2. The molecule has 0 aromatic heterocycles. The molecule has 2 amide bonds. The molecule has 1 heterocycles. The minimum atomic E-state index is -4.57. The Labute approximate surface area is 170 Å². The lowest BCUT2D eigenvalue weighted by atomic mass is 9.92. The molecule has 0 spiro atoms. The van der Waals surface area contributed by atoms with Crippen LogP contribution in [0.3, 0.4) is 0 Å². The van der Waals surface area contributed by atoms with Crippen molar-refractivity contribution < 1.29 is 18.0 Å². The molecule has 2 aromatic carbocycles. The molecule has 1 aliphatic heterocycles. The van der Waals surface area contributed by atoms with Gasteiger partial charge >= 0.3 is 12.2 Å². The molecule has 0 radical (unpaired) electrons. The van der Waals surface area contributed by atoms with Gasteiger partial charge in [-0.05, 0) is 37.3 Å². The second kappa shape index (κ2) is 7.45. The van der Waals surface area contributed by atoms with Gasteiger partial charge < -0.3 is 10.6 Å². The largest absolute Gasteiger partial charge is 0.416 e. The molecular weight excluding hydrogens is 395 g/mol. The van der Waals surface area contributed by atoms with Crippen LogP contribution in [0.5, 0.6) is 0 Å². The number of allylic oxidation sites excluding steroid dienone is 1. The molecular formula is C21H16F3N5O. The quantitative estimate of drug-likeness (QED) is 0.732. The van der Waals surface area contributed by atoms with Gasteiger partial charge in [-0.15, -0.1) is 0 Å². The third-order valence-corrected chi connectivity index (χ3v) is 4.94. The maximum Gasteiger partial charge on any atom is 0.416 e. The number of alkyl halides is 3. The van der Waals surface area contributed by atoms with E-state index in [2.05, 4.69) is 6.07 Å². The predicted molar refractivity (Wildman–Crippen MR) is 104 cm³/mol. The summed E-state index contributed by atoms with van der Waals surface area (Å²) in [6, 6.07) is 11.4. The maximum absolute atomic E-state index is 13.1. The van der Waals surface area contributed by atoms with Gasteiger partial charge in [0.1, 0.15) is 0 Å². The molecule has 152 valence electrons. The highest BCUT2D eigenvalue weighted by molar-refractivity contribution is 5.97. The summed E-state index contributed by atoms with van der Waals surface area (Å²) in [4.78, 5) is 15.4. The lowest BCUT2D eigenvalue weighted by molar-refractivity contribution is -0.137. The third-order valence-electron chi connectivity index (χ3n) is 4.94. The molecule has 0 saturated heterocycles. The summed E-state index contributed by atoms with van der Waals surface area (Å²) in [5, 5.41) is 18.8. The first-order valence-corrected chi connectivity index (χ1v) is 8.74. The van der Waals surface area contributed by atoms with E-state index >= 15 is 0 Å². The monoisotopic (exact) mass is 411 g/mol. The van der Waals surface area contributed by atoms with Crippen molar-refractivity contribution in [3.8, 4) is 12.1 Å². The Kier molecular flexibility index (Phi) is 5.15. The molecule has 1 atom stereocenters. The van der Waals surface area contributed by atoms with Crippen molar-refractivity contribution in [1.29, 1.82) is 10.5 Å². The normalized spacial score (nSPS) is 17.0. The van der Waals surface area contributed by atoms with E-state index in [4.69, 9.17) is 11.0 Å². The van der Waals surface area contributed by atoms with E-state index in [1.807, 2.05) is 6.07 Å². The van der Waals surface area contributed by atoms with E-state index in [0.717, 1.165) is 17.0 Å². The van der Waals surface area contributed by atoms with Crippen LogP contribution in [-0.4, -0.2) is 18.0 Å². The van der Waals surface area contributed by atoms with Crippen LogP contribution in [0.4, 0.5) is 29.3 Å². The number of nitrogen functional groups attached to an aromatic ring is 1. The topological polar surface area (TPSA) is 97.1 Å². The van der Waals surface area contributed by atoms with Crippen LogP contribution in [0, 0.1) is 22.7 Å². The molecule has 1 aliphatic rings. The van der Waals surface area contributed by atoms with Crippen LogP contribution in [0.15, 0.2) is 53.7 Å². The Bertz CT molecular complexity index is 1140. The maximum atomic E-state index is 13.1. The van der Waals surface area contributed by atoms with Gasteiger partial charge in [0.15, 0.2) is 0 Å². The number of nitrogens with two attached hydrogens (primary N) is 1. The zero-order valence-electron chi connectivity index (χ0n) is 16.0. The van der Waals surface area contributed by atoms with Gasteiger partial charge in [0.05, 0.1) is 40.6 Å². The summed E-state index contributed by atoms with van der Waals surface area (Å²) in [6.07, 6.45) is -4.57. The van der Waals surface area contributed by atoms with Crippen molar-refractivity contribution in [1.82, 2.24) is 4.90 Å². The summed E-state index contributed by atoms with van der Waals surface area (Å²) in [6.45, 7) is 1.50. The Morgan fingerprint density at radius 1 is 1.10 bits per heavy atom. The number of amides is 2. The van der Waals surface area contributed by atoms with Crippen molar-refractivity contribution in [2.75, 3.05) is 17.7 Å². The van der Waals surface area contributed by atoms with E-state index < -0.39 is 23.8 Å². The fraction of sp³-hybridized carbons (Fsp3) is 0.190. The number of hydrogen-bond donors (Lipinski definition) is 1. The lowest BCUT2D eigenvalue weighted by Gasteiger charge is -2.40. The number of benzene rings is 2. The number of nitrogens with zero attached hydrogens (tertiary/aromatic N) is 4. The molecule has 2 aromatic rings. The van der Waals surface area contributed by atoms with Gasteiger partial charge in [-0.3, -0.25) is 4.90 Å². The van der Waals surface area contributed by atoms with Crippen LogP contribution < -0.4 is 10.6 Å². The molecule has 6 nitrogen and oxygen atoms in total. The van der Waals surface area contributed by atoms with Crippen molar-refractivity contribution in [3.63, 3.8) is 0 Å². The van der Waals surface area contributed by atoms with Crippen LogP contribution >= 0.6 is 0 Å². The van der Waals surface area contributed by atoms with E-state index in [0.29, 0.717) is 11.1 Å². The fourth-order valence-corrected chi connectivity index (χ4v) is 3.45. The second-order valence-electron chi connectivity index (χ2n) is 6.75. The molecule has 0 saturated carbocycles. The number of carbonyl (C=O) groups is 1. The number of carbonyl (C=O) groups excluding carboxylic acids is 1. The van der Waals surface area contributed by atoms with Crippen LogP contribution in [0.25, 0.3) is 0 Å². The molecule has 2 N–H and O–H groups in total. The molecule has 0 aliphatic carbocycles. The highest BCUT2D eigenvalue weighted by atomic mass is 19.4. The number of likely N-dealkylation sites (N-methyl/N-ethyl adjacent to an activating group) is 1. The van der Waals surface area contributed by atoms with Crippen molar-refractivity contribution in [2.24, 2.45) is 0 Å². The highest BCUT2D eigenvalue weighted by Gasteiger charge is 2.39. The van der Waals surface area contributed by atoms with E-state index in [-0.39, 0.29) is 22.6 Å². The molecule has 0 bridgehead atoms. The molecule has 30 heavy (non-hydrogen) atoms. The standard InChI is InChI=1S/C21H16F3N5O/c1-12-17(11-26)19(16-7-6-13(10-25)8-18(16)27)28(2)20(30)29(12)15-5-3-4-14(9-15)21(22,23)24/h3-9,19H,27H2,1-2H3. The summed E-state index contributed by atoms with van der Waals surface area (Å²) in [5.74, 6) is 0. The molecule has 1 unspecified atom stereocenters. The summed E-state index contributed by atoms with van der Waals surface area (Å²) >= 11 is 0. The summed E-state index contributed by atoms with van der Waals surface area (Å²) in [7, 11) is 1.44. The number of urea groups is 1. The van der Waals surface area contributed by atoms with E-state index in [1.54, 1.807) is 6.07 Å². The van der Waals surface area contributed by atoms with Gasteiger partial charge in [-0.25, -0.2) is 4.79 Å². The van der Waals surface area contributed by atoms with Crippen molar-refractivity contribution >= 4 is 17.4 Å². The lowest BCUT2D eigenvalue weighted by Crippen LogP contribution is -2.47. The zero-order valence-corrected chi connectivity index (χ0v) is 16.0. The van der Waals surface area contributed by atoms with Crippen LogP contribution in [-0.2, 0) is 6.18 Å². The molecule has 3 rings (SSSR count). The van der Waals surface area contributed by atoms with Gasteiger partial charge in [-0.1, -0.05) is 12.1 Å². The number of nitriles is 2. The number of hydrogen-bond acceptors (Lipinski definition) is 4. The first kappa shape index (κ1) is 20.7. The fourth-order valence-electron chi connectivity index (χ4n) is 3.45. The third kappa shape index (κ3) is 3.42. The van der Waals surface area contributed by atoms with E-state index in [9.17, 15) is 23.2 Å². The predicted octanol–water partition coefficient (Wildman–Crippen LogP) is 4.57. The summed E-state index contributed by atoms with van der Waals surface area (Å²) in [5.41, 5.74) is 6.51. The first-order chi connectivity index (χ1) is 14.1. The number of halogens is 3. The minimum Gasteiger partial charge on any atom is -0.398 e. The van der Waals surface area contributed by atoms with Crippen molar-refractivity contribution in [3.05, 3.63) is 70.4 Å². The number of anilines is 2. The Morgan fingerprint density at radius 3 is 2.37 bits per heavy atom. The van der Waals surface area contributed by atoms with Crippen LogP contribution in [0.2, 0.25) is 0 Å².